The number of hydrogen-bond donors (Lipinski definition) is 1. The summed E-state index contributed by atoms with van der Waals surface area (Å²) in [4.78, 5) is 0. The third-order valence-corrected chi connectivity index (χ3v) is 2.81. The minimum absolute atomic E-state index is 0.271. The molecule has 17 heavy (non-hydrogen) atoms. The van der Waals surface area contributed by atoms with Crippen molar-refractivity contribution in [3.8, 4) is 11.5 Å². The van der Waals surface area contributed by atoms with Crippen LogP contribution < -0.4 is 14.2 Å². The van der Waals surface area contributed by atoms with Crippen LogP contribution in [0.5, 0.6) is 11.5 Å². The first-order valence-corrected chi connectivity index (χ1v) is 7.04. The van der Waals surface area contributed by atoms with Crippen molar-refractivity contribution in [3.05, 3.63) is 24.3 Å². The molecule has 0 aliphatic carbocycles. The lowest BCUT2D eigenvalue weighted by atomic mass is 10.3. The average Bonchev–Trinajstić information content (AvgIpc) is 2.25. The Morgan fingerprint density at radius 3 is 2.24 bits per heavy atom. The van der Waals surface area contributed by atoms with Crippen LogP contribution in [0.1, 0.15) is 6.92 Å². The van der Waals surface area contributed by atoms with E-state index >= 15 is 0 Å². The molecule has 0 saturated carbocycles. The molecule has 0 bridgehead atoms. The van der Waals surface area contributed by atoms with Crippen LogP contribution in [0.4, 0.5) is 0 Å². The number of nitrogens with one attached hydrogen (secondary N) is 1. The van der Waals surface area contributed by atoms with Crippen molar-refractivity contribution in [1.29, 1.82) is 0 Å². The molecule has 0 heterocycles. The molecule has 0 aliphatic heterocycles. The molecule has 1 atom stereocenters. The van der Waals surface area contributed by atoms with Gasteiger partial charge in [-0.25, -0.2) is 13.1 Å². The molecule has 1 rings (SSSR count). The van der Waals surface area contributed by atoms with Gasteiger partial charge in [0.2, 0.25) is 10.0 Å². The van der Waals surface area contributed by atoms with E-state index in [1.807, 2.05) is 0 Å². The van der Waals surface area contributed by atoms with Gasteiger partial charge in [0.25, 0.3) is 0 Å². The van der Waals surface area contributed by atoms with Gasteiger partial charge in [-0.05, 0) is 31.2 Å². The fourth-order valence-electron chi connectivity index (χ4n) is 1.29. The van der Waals surface area contributed by atoms with Crippen molar-refractivity contribution < 1.29 is 17.9 Å². The molecule has 1 aromatic carbocycles. The standard InChI is InChI=1S/C11H17NO4S/c1-9(12-17(3,13)14)8-16-11-6-4-10(15-2)5-7-11/h4-7,9,12H,8H2,1-3H3/t9-/m0/s1. The maximum atomic E-state index is 11.0. The smallest absolute Gasteiger partial charge is 0.209 e. The van der Waals surface area contributed by atoms with Crippen LogP contribution in [0.25, 0.3) is 0 Å². The van der Waals surface area contributed by atoms with E-state index < -0.39 is 10.0 Å². The third kappa shape index (κ3) is 5.55. The van der Waals surface area contributed by atoms with Crippen LogP contribution in [-0.4, -0.2) is 34.4 Å². The SMILES string of the molecule is COc1ccc(OC[C@H](C)NS(C)(=O)=O)cc1. The molecule has 0 saturated heterocycles. The van der Waals surface area contributed by atoms with Gasteiger partial charge in [0.1, 0.15) is 18.1 Å². The first kappa shape index (κ1) is 13.8. The summed E-state index contributed by atoms with van der Waals surface area (Å²) in [6.45, 7) is 2.02. The largest absolute Gasteiger partial charge is 0.497 e. The number of ether oxygens (including phenoxy) is 2. The Bertz CT molecular complexity index is 441. The summed E-state index contributed by atoms with van der Waals surface area (Å²) >= 11 is 0. The molecule has 0 radical (unpaired) electrons. The van der Waals surface area contributed by atoms with E-state index in [0.29, 0.717) is 5.75 Å². The van der Waals surface area contributed by atoms with Crippen LogP contribution in [0, 0.1) is 0 Å². The summed E-state index contributed by atoms with van der Waals surface area (Å²) < 4.78 is 34.8. The maximum absolute atomic E-state index is 11.0. The number of hydrogen-bond acceptors (Lipinski definition) is 4. The second kappa shape index (κ2) is 5.88. The lowest BCUT2D eigenvalue weighted by molar-refractivity contribution is 0.287. The van der Waals surface area contributed by atoms with E-state index in [1.54, 1.807) is 38.3 Å². The molecule has 96 valence electrons. The summed E-state index contributed by atoms with van der Waals surface area (Å²) in [7, 11) is -1.60. The van der Waals surface area contributed by atoms with Gasteiger partial charge in [0.15, 0.2) is 0 Å². The molecular weight excluding hydrogens is 242 g/mol. The zero-order chi connectivity index (χ0) is 12.9. The summed E-state index contributed by atoms with van der Waals surface area (Å²) in [6, 6.07) is 6.83. The van der Waals surface area contributed by atoms with Crippen molar-refractivity contribution in [2.24, 2.45) is 0 Å². The molecule has 0 amide bonds. The Balaban J connectivity index is 2.44. The van der Waals surface area contributed by atoms with E-state index in [2.05, 4.69) is 4.72 Å². The maximum Gasteiger partial charge on any atom is 0.209 e. The Hall–Kier alpha value is -1.27. The van der Waals surface area contributed by atoms with Gasteiger partial charge >= 0.3 is 0 Å². The Morgan fingerprint density at radius 2 is 1.76 bits per heavy atom. The number of methoxy groups -OCH3 is 1. The topological polar surface area (TPSA) is 64.6 Å². The van der Waals surface area contributed by atoms with Crippen LogP contribution in [0.2, 0.25) is 0 Å². The van der Waals surface area contributed by atoms with Crippen molar-refractivity contribution in [3.63, 3.8) is 0 Å². The molecule has 0 aromatic heterocycles. The van der Waals surface area contributed by atoms with Gasteiger partial charge in [0, 0.05) is 0 Å². The van der Waals surface area contributed by atoms with E-state index in [4.69, 9.17) is 9.47 Å². The minimum Gasteiger partial charge on any atom is -0.497 e. The summed E-state index contributed by atoms with van der Waals surface area (Å²) in [6.07, 6.45) is 1.12. The fraction of sp³-hybridized carbons (Fsp3) is 0.455. The summed E-state index contributed by atoms with van der Waals surface area (Å²) in [5, 5.41) is 0. The second-order valence-electron chi connectivity index (χ2n) is 3.78. The first-order valence-electron chi connectivity index (χ1n) is 5.15. The normalized spacial score (nSPS) is 13.1. The highest BCUT2D eigenvalue weighted by Gasteiger charge is 2.08. The van der Waals surface area contributed by atoms with Crippen molar-refractivity contribution >= 4 is 10.0 Å². The monoisotopic (exact) mass is 259 g/mol. The predicted molar refractivity (Wildman–Crippen MR) is 65.9 cm³/mol. The Labute approximate surface area is 102 Å². The molecule has 0 aliphatic rings. The molecule has 0 spiro atoms. The van der Waals surface area contributed by atoms with Crippen molar-refractivity contribution in [2.75, 3.05) is 20.0 Å². The van der Waals surface area contributed by atoms with Crippen LogP contribution in [0.3, 0.4) is 0 Å². The number of benzene rings is 1. The zero-order valence-electron chi connectivity index (χ0n) is 10.1. The van der Waals surface area contributed by atoms with Gasteiger partial charge in [-0.1, -0.05) is 0 Å². The number of sulfonamides is 1. The van der Waals surface area contributed by atoms with E-state index in [-0.39, 0.29) is 12.6 Å². The molecule has 1 N–H and O–H groups in total. The van der Waals surface area contributed by atoms with Crippen LogP contribution in [0.15, 0.2) is 24.3 Å². The van der Waals surface area contributed by atoms with Gasteiger partial charge in [0.05, 0.1) is 19.4 Å². The van der Waals surface area contributed by atoms with Crippen molar-refractivity contribution in [1.82, 2.24) is 4.72 Å². The quantitative estimate of drug-likeness (QED) is 0.828. The lowest BCUT2D eigenvalue weighted by Crippen LogP contribution is -2.35. The average molecular weight is 259 g/mol. The molecule has 5 nitrogen and oxygen atoms in total. The lowest BCUT2D eigenvalue weighted by Gasteiger charge is -2.13. The zero-order valence-corrected chi connectivity index (χ0v) is 11.0. The predicted octanol–water partition coefficient (Wildman–Crippen LogP) is 1.01. The molecule has 0 fully saturated rings. The van der Waals surface area contributed by atoms with Crippen molar-refractivity contribution in [2.45, 2.75) is 13.0 Å². The van der Waals surface area contributed by atoms with Crippen LogP contribution >= 0.6 is 0 Å². The number of rotatable bonds is 6. The minimum atomic E-state index is -3.19. The highest BCUT2D eigenvalue weighted by atomic mass is 32.2. The van der Waals surface area contributed by atoms with Gasteiger partial charge in [-0.2, -0.15) is 0 Å². The first-order chi connectivity index (χ1) is 7.90. The third-order valence-electron chi connectivity index (χ3n) is 1.97. The molecule has 0 unspecified atom stereocenters. The van der Waals surface area contributed by atoms with Gasteiger partial charge in [-0.3, -0.25) is 0 Å². The Kier molecular flexibility index (Phi) is 4.77. The Morgan fingerprint density at radius 1 is 1.24 bits per heavy atom. The van der Waals surface area contributed by atoms with Gasteiger partial charge in [-0.15, -0.1) is 0 Å². The van der Waals surface area contributed by atoms with Gasteiger partial charge < -0.3 is 9.47 Å². The second-order valence-corrected chi connectivity index (χ2v) is 5.56. The van der Waals surface area contributed by atoms with E-state index in [1.165, 1.54) is 0 Å². The highest BCUT2D eigenvalue weighted by molar-refractivity contribution is 7.88. The van der Waals surface area contributed by atoms with Crippen LogP contribution in [-0.2, 0) is 10.0 Å². The summed E-state index contributed by atoms with van der Waals surface area (Å²) in [5.41, 5.74) is 0. The van der Waals surface area contributed by atoms with E-state index in [0.717, 1.165) is 12.0 Å². The summed E-state index contributed by atoms with van der Waals surface area (Å²) in [5.74, 6) is 1.42. The van der Waals surface area contributed by atoms with E-state index in [9.17, 15) is 8.42 Å². The highest BCUT2D eigenvalue weighted by Crippen LogP contribution is 2.16. The molecular formula is C11H17NO4S. The fourth-order valence-corrected chi connectivity index (χ4v) is 2.09. The molecule has 6 heteroatoms. The molecule has 1 aromatic rings.